The van der Waals surface area contributed by atoms with Gasteiger partial charge in [-0.05, 0) is 6.92 Å². The van der Waals surface area contributed by atoms with Crippen LogP contribution in [0.25, 0.3) is 0 Å². The molecule has 0 aromatic carbocycles. The molecule has 0 atom stereocenters. The Hall–Kier alpha value is -1.20. The van der Waals surface area contributed by atoms with Crippen molar-refractivity contribution in [3.05, 3.63) is 11.9 Å². The van der Waals surface area contributed by atoms with E-state index < -0.39 is 12.7 Å². The maximum Gasteiger partial charge on any atom is 0.408 e. The number of nitrogen functional groups attached to an aromatic ring is 1. The van der Waals surface area contributed by atoms with Gasteiger partial charge in [-0.1, -0.05) is 0 Å². The van der Waals surface area contributed by atoms with E-state index in [2.05, 4.69) is 5.10 Å². The molecule has 3 nitrogen and oxygen atoms in total. The van der Waals surface area contributed by atoms with Crippen molar-refractivity contribution in [1.29, 1.82) is 0 Å². The fourth-order valence-corrected chi connectivity index (χ4v) is 0.798. The smallest absolute Gasteiger partial charge is 0.396 e. The number of halogens is 3. The van der Waals surface area contributed by atoms with E-state index in [9.17, 15) is 13.2 Å². The van der Waals surface area contributed by atoms with E-state index in [1.54, 1.807) is 6.92 Å². The molecule has 1 aromatic heterocycles. The van der Waals surface area contributed by atoms with Crippen LogP contribution in [0.2, 0.25) is 0 Å². The molecule has 0 aliphatic rings. The summed E-state index contributed by atoms with van der Waals surface area (Å²) in [7, 11) is 0. The largest absolute Gasteiger partial charge is 0.408 e. The van der Waals surface area contributed by atoms with Gasteiger partial charge >= 0.3 is 6.18 Å². The summed E-state index contributed by atoms with van der Waals surface area (Å²) >= 11 is 0. The normalized spacial score (nSPS) is 12.0. The SMILES string of the molecule is Cc1nn(CC(F)(F)F)cc1N. The lowest BCUT2D eigenvalue weighted by molar-refractivity contribution is -0.142. The minimum atomic E-state index is -4.25. The maximum atomic E-state index is 11.8. The molecule has 0 amide bonds. The molecular formula is C6H8F3N3. The Morgan fingerprint density at radius 2 is 2.17 bits per heavy atom. The summed E-state index contributed by atoms with van der Waals surface area (Å²) in [4.78, 5) is 0. The average Bonchev–Trinajstić information content (AvgIpc) is 2.07. The van der Waals surface area contributed by atoms with E-state index in [1.807, 2.05) is 0 Å². The van der Waals surface area contributed by atoms with Crippen LogP contribution in [0.3, 0.4) is 0 Å². The molecule has 6 heteroatoms. The molecule has 1 rings (SSSR count). The van der Waals surface area contributed by atoms with Crippen LogP contribution < -0.4 is 5.73 Å². The van der Waals surface area contributed by atoms with Gasteiger partial charge in [0.1, 0.15) is 6.54 Å². The molecule has 1 aromatic rings. The second-order valence-corrected chi connectivity index (χ2v) is 2.48. The van der Waals surface area contributed by atoms with E-state index in [0.29, 0.717) is 5.69 Å². The third-order valence-corrected chi connectivity index (χ3v) is 1.33. The second kappa shape index (κ2) is 2.69. The van der Waals surface area contributed by atoms with Gasteiger partial charge in [0.05, 0.1) is 11.4 Å². The van der Waals surface area contributed by atoms with Crippen LogP contribution in [0.5, 0.6) is 0 Å². The van der Waals surface area contributed by atoms with Gasteiger partial charge in [-0.2, -0.15) is 18.3 Å². The molecule has 0 saturated carbocycles. The molecule has 0 saturated heterocycles. The van der Waals surface area contributed by atoms with Crippen molar-refractivity contribution in [2.24, 2.45) is 0 Å². The number of aromatic nitrogens is 2. The molecule has 0 aliphatic heterocycles. The van der Waals surface area contributed by atoms with E-state index >= 15 is 0 Å². The fourth-order valence-electron chi connectivity index (χ4n) is 0.798. The third kappa shape index (κ3) is 2.14. The predicted octanol–water partition coefficient (Wildman–Crippen LogP) is 1.34. The molecule has 0 unspecified atom stereocenters. The van der Waals surface area contributed by atoms with Crippen molar-refractivity contribution < 1.29 is 13.2 Å². The lowest BCUT2D eigenvalue weighted by Gasteiger charge is -2.04. The van der Waals surface area contributed by atoms with Gasteiger partial charge < -0.3 is 5.73 Å². The first-order valence-electron chi connectivity index (χ1n) is 3.25. The second-order valence-electron chi connectivity index (χ2n) is 2.48. The molecule has 0 spiro atoms. The summed E-state index contributed by atoms with van der Waals surface area (Å²) in [6.07, 6.45) is -3.08. The Kier molecular flexibility index (Phi) is 1.99. The quantitative estimate of drug-likeness (QED) is 0.706. The molecule has 2 N–H and O–H groups in total. The van der Waals surface area contributed by atoms with Crippen molar-refractivity contribution in [2.45, 2.75) is 19.6 Å². The van der Waals surface area contributed by atoms with Crippen LogP contribution in [0.1, 0.15) is 5.69 Å². The van der Waals surface area contributed by atoms with Gasteiger partial charge in [-0.15, -0.1) is 0 Å². The van der Waals surface area contributed by atoms with Crippen LogP contribution in [0.4, 0.5) is 18.9 Å². The Morgan fingerprint density at radius 3 is 2.50 bits per heavy atom. The number of rotatable bonds is 1. The van der Waals surface area contributed by atoms with Crippen molar-refractivity contribution in [1.82, 2.24) is 9.78 Å². The highest BCUT2D eigenvalue weighted by molar-refractivity contribution is 5.39. The lowest BCUT2D eigenvalue weighted by atomic mass is 10.4. The number of nitrogens with zero attached hydrogens (tertiary/aromatic N) is 2. The third-order valence-electron chi connectivity index (χ3n) is 1.33. The zero-order valence-electron chi connectivity index (χ0n) is 6.39. The Morgan fingerprint density at radius 1 is 1.58 bits per heavy atom. The molecular weight excluding hydrogens is 171 g/mol. The van der Waals surface area contributed by atoms with Crippen molar-refractivity contribution >= 4 is 5.69 Å². The van der Waals surface area contributed by atoms with Crippen LogP contribution in [0, 0.1) is 6.92 Å². The zero-order chi connectivity index (χ0) is 9.35. The maximum absolute atomic E-state index is 11.8. The summed E-state index contributed by atoms with van der Waals surface area (Å²) < 4.78 is 36.1. The van der Waals surface area contributed by atoms with Crippen LogP contribution >= 0.6 is 0 Å². The summed E-state index contributed by atoms with van der Waals surface area (Å²) in [5.74, 6) is 0. The van der Waals surface area contributed by atoms with Gasteiger partial charge in [0.15, 0.2) is 0 Å². The van der Waals surface area contributed by atoms with Gasteiger partial charge in [-0.25, -0.2) is 0 Å². The summed E-state index contributed by atoms with van der Waals surface area (Å²) in [5.41, 5.74) is 6.00. The first-order valence-corrected chi connectivity index (χ1v) is 3.25. The van der Waals surface area contributed by atoms with Gasteiger partial charge in [-0.3, -0.25) is 4.68 Å². The van der Waals surface area contributed by atoms with Gasteiger partial charge in [0, 0.05) is 6.20 Å². The molecule has 0 aliphatic carbocycles. The van der Waals surface area contributed by atoms with Crippen molar-refractivity contribution in [2.75, 3.05) is 5.73 Å². The Bertz CT molecular complexity index is 257. The summed E-state index contributed by atoms with van der Waals surface area (Å²) in [6.45, 7) is 0.466. The zero-order valence-corrected chi connectivity index (χ0v) is 6.39. The highest BCUT2D eigenvalue weighted by Gasteiger charge is 2.28. The Labute approximate surface area is 67.0 Å². The number of anilines is 1. The fraction of sp³-hybridized carbons (Fsp3) is 0.500. The first kappa shape index (κ1) is 8.89. The Balaban J connectivity index is 2.77. The van der Waals surface area contributed by atoms with E-state index in [1.165, 1.54) is 6.20 Å². The molecule has 1 heterocycles. The molecule has 68 valence electrons. The lowest BCUT2D eigenvalue weighted by Crippen LogP contribution is -2.17. The minimum absolute atomic E-state index is 0.277. The van der Waals surface area contributed by atoms with Crippen molar-refractivity contribution in [3.8, 4) is 0 Å². The molecule has 0 radical (unpaired) electrons. The monoisotopic (exact) mass is 179 g/mol. The molecule has 0 fully saturated rings. The van der Waals surface area contributed by atoms with Crippen LogP contribution in [-0.4, -0.2) is 16.0 Å². The highest BCUT2D eigenvalue weighted by atomic mass is 19.4. The molecule has 0 bridgehead atoms. The van der Waals surface area contributed by atoms with Crippen LogP contribution in [0.15, 0.2) is 6.20 Å². The molecule has 12 heavy (non-hydrogen) atoms. The summed E-state index contributed by atoms with van der Waals surface area (Å²) in [5, 5.41) is 3.57. The average molecular weight is 179 g/mol. The van der Waals surface area contributed by atoms with Gasteiger partial charge in [0.2, 0.25) is 0 Å². The summed E-state index contributed by atoms with van der Waals surface area (Å²) in [6, 6.07) is 0. The predicted molar refractivity (Wildman–Crippen MR) is 37.4 cm³/mol. The first-order chi connectivity index (χ1) is 5.38. The topological polar surface area (TPSA) is 43.8 Å². The van der Waals surface area contributed by atoms with Crippen molar-refractivity contribution in [3.63, 3.8) is 0 Å². The number of alkyl halides is 3. The van der Waals surface area contributed by atoms with E-state index in [0.717, 1.165) is 4.68 Å². The number of hydrogen-bond donors (Lipinski definition) is 1. The minimum Gasteiger partial charge on any atom is -0.396 e. The number of aryl methyl sites for hydroxylation is 1. The number of hydrogen-bond acceptors (Lipinski definition) is 2. The standard InChI is InChI=1S/C6H8F3N3/c1-4-5(10)2-12(11-4)3-6(7,8)9/h2H,3,10H2,1H3. The van der Waals surface area contributed by atoms with E-state index in [4.69, 9.17) is 5.73 Å². The van der Waals surface area contributed by atoms with Crippen LogP contribution in [-0.2, 0) is 6.54 Å². The van der Waals surface area contributed by atoms with Gasteiger partial charge in [0.25, 0.3) is 0 Å². The number of nitrogens with two attached hydrogens (primary N) is 1. The van der Waals surface area contributed by atoms with E-state index in [-0.39, 0.29) is 5.69 Å². The highest BCUT2D eigenvalue weighted by Crippen LogP contribution is 2.18.